The summed E-state index contributed by atoms with van der Waals surface area (Å²) >= 11 is 0. The van der Waals surface area contributed by atoms with Crippen LogP contribution in [0, 0.1) is 0 Å². The molecule has 1 aliphatic rings. The molecule has 0 bridgehead atoms. The van der Waals surface area contributed by atoms with Crippen LogP contribution in [0.2, 0.25) is 0 Å². The van der Waals surface area contributed by atoms with E-state index in [2.05, 4.69) is 10.4 Å². The van der Waals surface area contributed by atoms with Crippen molar-refractivity contribution in [1.82, 2.24) is 19.5 Å². The Morgan fingerprint density at radius 2 is 1.82 bits per heavy atom. The smallest absolute Gasteiger partial charge is 0.358 e. The first-order valence-electron chi connectivity index (χ1n) is 12.2. The van der Waals surface area contributed by atoms with Crippen molar-refractivity contribution in [3.63, 3.8) is 0 Å². The van der Waals surface area contributed by atoms with Gasteiger partial charge < -0.3 is 10.1 Å². The van der Waals surface area contributed by atoms with Crippen LogP contribution in [0.1, 0.15) is 85.3 Å². The molecule has 0 saturated heterocycles. The van der Waals surface area contributed by atoms with Crippen molar-refractivity contribution in [2.75, 3.05) is 6.61 Å². The number of carbonyl (C=O) groups excluding carboxylic acids is 2. The molecule has 1 aromatic carbocycles. The number of carbonyl (C=O) groups is 2. The van der Waals surface area contributed by atoms with Crippen LogP contribution in [0.3, 0.4) is 0 Å². The normalized spacial score (nSPS) is 15.0. The molecular formula is C26H32N4O4. The first-order chi connectivity index (χ1) is 16.5. The maximum atomic E-state index is 13.6. The van der Waals surface area contributed by atoms with Gasteiger partial charge in [0.05, 0.1) is 12.8 Å². The highest BCUT2D eigenvalue weighted by molar-refractivity contribution is 5.94. The van der Waals surface area contributed by atoms with Gasteiger partial charge in [0.25, 0.3) is 11.5 Å². The van der Waals surface area contributed by atoms with Gasteiger partial charge in [-0.1, -0.05) is 51.2 Å². The minimum Gasteiger partial charge on any atom is -0.461 e. The number of esters is 1. The highest BCUT2D eigenvalue weighted by Gasteiger charge is 2.23. The van der Waals surface area contributed by atoms with Crippen LogP contribution >= 0.6 is 0 Å². The third kappa shape index (κ3) is 5.05. The SMILES string of the molecule is CCOC(=O)c1cc2c(=O)n(-c3cccc(CC)c3)c(C(=O)NC3CCCCCCC3)cn2n1. The Kier molecular flexibility index (Phi) is 7.45. The lowest BCUT2D eigenvalue weighted by Crippen LogP contribution is -2.39. The van der Waals surface area contributed by atoms with Crippen molar-refractivity contribution >= 4 is 17.4 Å². The Morgan fingerprint density at radius 1 is 1.09 bits per heavy atom. The van der Waals surface area contributed by atoms with E-state index in [4.69, 9.17) is 4.74 Å². The number of ether oxygens (including phenoxy) is 1. The van der Waals surface area contributed by atoms with Crippen LogP contribution in [-0.4, -0.2) is 38.7 Å². The maximum Gasteiger partial charge on any atom is 0.358 e. The van der Waals surface area contributed by atoms with Gasteiger partial charge in [-0.2, -0.15) is 5.10 Å². The van der Waals surface area contributed by atoms with E-state index < -0.39 is 11.5 Å². The third-order valence-electron chi connectivity index (χ3n) is 6.38. The van der Waals surface area contributed by atoms with Crippen LogP contribution in [-0.2, 0) is 11.2 Å². The lowest BCUT2D eigenvalue weighted by atomic mass is 9.96. The highest BCUT2D eigenvalue weighted by Crippen LogP contribution is 2.19. The average Bonchev–Trinajstić information content (AvgIpc) is 3.26. The van der Waals surface area contributed by atoms with Crippen LogP contribution in [0.15, 0.2) is 41.3 Å². The topological polar surface area (TPSA) is 94.7 Å². The first-order valence-corrected chi connectivity index (χ1v) is 12.2. The second kappa shape index (κ2) is 10.7. The van der Waals surface area contributed by atoms with E-state index >= 15 is 0 Å². The molecule has 2 aromatic heterocycles. The summed E-state index contributed by atoms with van der Waals surface area (Å²) in [4.78, 5) is 39.3. The zero-order chi connectivity index (χ0) is 24.1. The Labute approximate surface area is 198 Å². The number of hydrogen-bond acceptors (Lipinski definition) is 5. The number of benzene rings is 1. The van der Waals surface area contributed by atoms with Crippen LogP contribution in [0.5, 0.6) is 0 Å². The van der Waals surface area contributed by atoms with Crippen molar-refractivity contribution in [3.05, 3.63) is 63.8 Å². The quantitative estimate of drug-likeness (QED) is 0.555. The second-order valence-corrected chi connectivity index (χ2v) is 8.77. The molecule has 1 N–H and O–H groups in total. The maximum absolute atomic E-state index is 13.6. The summed E-state index contributed by atoms with van der Waals surface area (Å²) in [6, 6.07) is 9.07. The lowest BCUT2D eigenvalue weighted by molar-refractivity contribution is 0.0519. The van der Waals surface area contributed by atoms with Crippen LogP contribution in [0.25, 0.3) is 11.2 Å². The van der Waals surface area contributed by atoms with Crippen molar-refractivity contribution < 1.29 is 14.3 Å². The summed E-state index contributed by atoms with van der Waals surface area (Å²) in [5.41, 5.74) is 1.66. The standard InChI is InChI=1S/C26H32N4O4/c1-3-18-11-10-14-20(15-18)30-23(24(31)27-19-12-8-6-5-7-9-13-19)17-29-22(25(30)32)16-21(28-29)26(33)34-4-2/h10-11,14-17,19H,3-9,12-13H2,1-2H3,(H,27,31). The van der Waals surface area contributed by atoms with Gasteiger partial charge in [-0.15, -0.1) is 0 Å². The Bertz CT molecular complexity index is 1240. The molecule has 3 aromatic rings. The number of hydrogen-bond donors (Lipinski definition) is 1. The number of fused-ring (bicyclic) bond motifs is 1. The van der Waals surface area contributed by atoms with E-state index in [1.807, 2.05) is 31.2 Å². The van der Waals surface area contributed by atoms with E-state index in [0.29, 0.717) is 5.69 Å². The highest BCUT2D eigenvalue weighted by atomic mass is 16.5. The first kappa shape index (κ1) is 23.7. The zero-order valence-electron chi connectivity index (χ0n) is 19.9. The molecular weight excluding hydrogens is 432 g/mol. The Morgan fingerprint density at radius 3 is 2.53 bits per heavy atom. The number of aromatic nitrogens is 3. The molecule has 8 nitrogen and oxygen atoms in total. The van der Waals surface area contributed by atoms with Crippen LogP contribution < -0.4 is 10.9 Å². The number of aryl methyl sites for hydroxylation is 1. The van der Waals surface area contributed by atoms with Gasteiger partial charge in [0.15, 0.2) is 5.69 Å². The van der Waals surface area contributed by atoms with Gasteiger partial charge in [-0.3, -0.25) is 14.2 Å². The van der Waals surface area contributed by atoms with E-state index in [0.717, 1.165) is 37.7 Å². The number of amides is 1. The summed E-state index contributed by atoms with van der Waals surface area (Å²) in [5.74, 6) is -0.926. The molecule has 34 heavy (non-hydrogen) atoms. The fraction of sp³-hybridized carbons (Fsp3) is 0.462. The number of nitrogens with zero attached hydrogens (tertiary/aromatic N) is 3. The molecule has 8 heteroatoms. The van der Waals surface area contributed by atoms with Gasteiger partial charge in [0, 0.05) is 17.8 Å². The molecule has 0 radical (unpaired) electrons. The van der Waals surface area contributed by atoms with Crippen LogP contribution in [0.4, 0.5) is 0 Å². The average molecular weight is 465 g/mol. The largest absolute Gasteiger partial charge is 0.461 e. The third-order valence-corrected chi connectivity index (χ3v) is 6.38. The van der Waals surface area contributed by atoms with E-state index in [1.165, 1.54) is 40.6 Å². The zero-order valence-corrected chi connectivity index (χ0v) is 19.9. The monoisotopic (exact) mass is 464 g/mol. The van der Waals surface area contributed by atoms with E-state index in [9.17, 15) is 14.4 Å². The Balaban J connectivity index is 1.81. The van der Waals surface area contributed by atoms with Gasteiger partial charge in [0.1, 0.15) is 11.2 Å². The number of rotatable bonds is 6. The van der Waals surface area contributed by atoms with Gasteiger partial charge in [-0.05, 0) is 43.9 Å². The molecule has 2 heterocycles. The fourth-order valence-electron chi connectivity index (χ4n) is 4.55. The summed E-state index contributed by atoms with van der Waals surface area (Å²) < 4.78 is 7.77. The summed E-state index contributed by atoms with van der Waals surface area (Å²) in [6.07, 6.45) is 9.94. The molecule has 180 valence electrons. The molecule has 0 aliphatic heterocycles. The van der Waals surface area contributed by atoms with Crippen molar-refractivity contribution in [3.8, 4) is 5.69 Å². The molecule has 0 unspecified atom stereocenters. The lowest BCUT2D eigenvalue weighted by Gasteiger charge is -2.22. The molecule has 1 saturated carbocycles. The van der Waals surface area contributed by atoms with Gasteiger partial charge in [0.2, 0.25) is 0 Å². The summed E-state index contributed by atoms with van der Waals surface area (Å²) in [7, 11) is 0. The fourth-order valence-corrected chi connectivity index (χ4v) is 4.55. The minimum atomic E-state index is -0.606. The van der Waals surface area contributed by atoms with Gasteiger partial charge >= 0.3 is 5.97 Å². The summed E-state index contributed by atoms with van der Waals surface area (Å²) in [6.45, 7) is 3.95. The molecule has 0 atom stereocenters. The van der Waals surface area contributed by atoms with Crippen molar-refractivity contribution in [1.29, 1.82) is 0 Å². The Hall–Kier alpha value is -3.42. The predicted molar refractivity (Wildman–Crippen MR) is 130 cm³/mol. The molecule has 1 aliphatic carbocycles. The molecule has 4 rings (SSSR count). The molecule has 1 fully saturated rings. The van der Waals surface area contributed by atoms with Gasteiger partial charge in [-0.25, -0.2) is 9.31 Å². The molecule has 0 spiro atoms. The second-order valence-electron chi connectivity index (χ2n) is 8.77. The molecule has 1 amide bonds. The van der Waals surface area contributed by atoms with Crippen molar-refractivity contribution in [2.45, 2.75) is 71.3 Å². The number of nitrogens with one attached hydrogen (secondary N) is 1. The summed E-state index contributed by atoms with van der Waals surface area (Å²) in [5, 5.41) is 7.38. The van der Waals surface area contributed by atoms with Crippen molar-refractivity contribution in [2.24, 2.45) is 0 Å². The predicted octanol–water partition coefficient (Wildman–Crippen LogP) is 4.07. The van der Waals surface area contributed by atoms with E-state index in [1.54, 1.807) is 6.92 Å². The van der Waals surface area contributed by atoms with E-state index in [-0.39, 0.29) is 35.5 Å². The minimum absolute atomic E-state index is 0.0328.